The third kappa shape index (κ3) is 7.97. The van der Waals surface area contributed by atoms with Crippen molar-refractivity contribution in [3.63, 3.8) is 0 Å². The molecule has 2 amide bonds. The van der Waals surface area contributed by atoms with Crippen LogP contribution in [0.25, 0.3) is 0 Å². The fourth-order valence-corrected chi connectivity index (χ4v) is 2.97. The Morgan fingerprint density at radius 2 is 1.56 bits per heavy atom. The molecule has 3 aromatic rings. The van der Waals surface area contributed by atoms with Gasteiger partial charge < -0.3 is 16.4 Å². The van der Waals surface area contributed by atoms with Crippen molar-refractivity contribution in [3.05, 3.63) is 108 Å². The molecule has 0 saturated carbocycles. The van der Waals surface area contributed by atoms with Gasteiger partial charge in [-0.1, -0.05) is 60.7 Å². The van der Waals surface area contributed by atoms with Crippen molar-refractivity contribution in [2.24, 2.45) is 11.6 Å². The summed E-state index contributed by atoms with van der Waals surface area (Å²) in [5.41, 5.74) is 8.43. The Bertz CT molecular complexity index is 993. The van der Waals surface area contributed by atoms with Gasteiger partial charge in [0.25, 0.3) is 5.91 Å². The number of benzene rings is 3. The molecule has 0 bridgehead atoms. The van der Waals surface area contributed by atoms with E-state index in [1.807, 2.05) is 61.5 Å². The highest BCUT2D eigenvalue weighted by atomic mass is 16.1. The largest absolute Gasteiger partial charge is 0.403 e. The highest BCUT2D eigenvalue weighted by Crippen LogP contribution is 2.22. The zero-order chi connectivity index (χ0) is 23.2. The predicted octanol–water partition coefficient (Wildman–Crippen LogP) is 3.41. The van der Waals surface area contributed by atoms with E-state index >= 15 is 0 Å². The molecule has 0 aromatic heterocycles. The van der Waals surface area contributed by atoms with E-state index in [2.05, 4.69) is 22.8 Å². The molecule has 1 unspecified atom stereocenters. The van der Waals surface area contributed by atoms with Gasteiger partial charge in [0, 0.05) is 24.0 Å². The fraction of sp³-hybridized carbons (Fsp3) is 0.120. The van der Waals surface area contributed by atoms with Crippen molar-refractivity contribution in [2.75, 3.05) is 10.3 Å². The summed E-state index contributed by atoms with van der Waals surface area (Å²) in [7, 11) is 0. The van der Waals surface area contributed by atoms with Crippen LogP contribution in [0.15, 0.2) is 97.3 Å². The van der Waals surface area contributed by atoms with Crippen LogP contribution >= 0.6 is 0 Å². The van der Waals surface area contributed by atoms with Crippen LogP contribution in [0.1, 0.15) is 22.8 Å². The maximum Gasteiger partial charge on any atom is 0.251 e. The van der Waals surface area contributed by atoms with Crippen LogP contribution in [0.2, 0.25) is 0 Å². The number of nitrogens with one attached hydrogen (secondary N) is 2. The number of carbonyl (C=O) groups is 2. The topological polar surface area (TPSA) is 113 Å². The Hall–Kier alpha value is -4.10. The summed E-state index contributed by atoms with van der Waals surface area (Å²) in [4.78, 5) is 22.2. The number of para-hydroxylation sites is 2. The molecule has 7 nitrogen and oxygen atoms in total. The van der Waals surface area contributed by atoms with Crippen LogP contribution in [0.3, 0.4) is 0 Å². The number of hydrogen-bond acceptors (Lipinski definition) is 5. The Kier molecular flexibility index (Phi) is 10.0. The lowest BCUT2D eigenvalue weighted by Crippen LogP contribution is -2.34. The van der Waals surface area contributed by atoms with Crippen LogP contribution < -0.4 is 27.2 Å². The average Bonchev–Trinajstić information content (AvgIpc) is 2.81. The molecule has 0 radical (unpaired) electrons. The first-order chi connectivity index (χ1) is 15.5. The van der Waals surface area contributed by atoms with E-state index in [-0.39, 0.29) is 11.9 Å². The quantitative estimate of drug-likeness (QED) is 0.248. The zero-order valence-corrected chi connectivity index (χ0v) is 18.0. The number of amides is 2. The molecule has 0 heterocycles. The highest BCUT2D eigenvalue weighted by molar-refractivity contribution is 5.94. The summed E-state index contributed by atoms with van der Waals surface area (Å²) in [6, 6.07) is 26.7. The molecular formula is C25H29N5O2. The summed E-state index contributed by atoms with van der Waals surface area (Å²) in [5, 5.41) is 6.87. The van der Waals surface area contributed by atoms with E-state index in [0.29, 0.717) is 23.3 Å². The fourth-order valence-electron chi connectivity index (χ4n) is 2.97. The SMILES string of the molecule is CC(Cc1ccccc1)NC(=O)c1ccccc1.N/C=C\N(N)c1ccccc1NC=O. The molecule has 32 heavy (non-hydrogen) atoms. The van der Waals surface area contributed by atoms with Crippen molar-refractivity contribution >= 4 is 23.7 Å². The first kappa shape index (κ1) is 24.2. The van der Waals surface area contributed by atoms with Gasteiger partial charge in [0.05, 0.1) is 11.4 Å². The second kappa shape index (κ2) is 13.3. The summed E-state index contributed by atoms with van der Waals surface area (Å²) >= 11 is 0. The van der Waals surface area contributed by atoms with Crippen LogP contribution in [-0.4, -0.2) is 18.4 Å². The zero-order valence-electron chi connectivity index (χ0n) is 18.0. The molecule has 1 atom stereocenters. The van der Waals surface area contributed by atoms with Crippen molar-refractivity contribution in [3.8, 4) is 0 Å². The Balaban J connectivity index is 0.000000235. The van der Waals surface area contributed by atoms with Gasteiger partial charge in [0.1, 0.15) is 0 Å². The lowest BCUT2D eigenvalue weighted by Gasteiger charge is -2.16. The number of hydrogen-bond donors (Lipinski definition) is 4. The molecule has 0 aliphatic carbocycles. The van der Waals surface area contributed by atoms with Crippen molar-refractivity contribution in [1.29, 1.82) is 0 Å². The molecule has 0 fully saturated rings. The minimum absolute atomic E-state index is 0.0148. The standard InChI is InChI=1S/C16H17NO.C9H12N4O/c1-13(12-14-8-4-2-5-9-14)17-16(18)15-10-6-3-7-11-15;10-5-6-13(11)9-4-2-1-3-8(9)12-7-14/h2-11,13H,12H2,1H3,(H,17,18);1-7H,10-11H2,(H,12,14)/b;6-5-. The van der Waals surface area contributed by atoms with E-state index in [1.165, 1.54) is 23.0 Å². The number of rotatable bonds is 8. The molecule has 0 saturated heterocycles. The maximum atomic E-state index is 11.9. The van der Waals surface area contributed by atoms with Crippen LogP contribution in [0.5, 0.6) is 0 Å². The number of hydrazine groups is 1. The van der Waals surface area contributed by atoms with Gasteiger partial charge in [-0.2, -0.15) is 0 Å². The maximum absolute atomic E-state index is 11.9. The van der Waals surface area contributed by atoms with Gasteiger partial charge in [0.2, 0.25) is 6.41 Å². The second-order valence-electron chi connectivity index (χ2n) is 6.96. The predicted molar refractivity (Wildman–Crippen MR) is 130 cm³/mol. The first-order valence-electron chi connectivity index (χ1n) is 10.2. The van der Waals surface area contributed by atoms with Crippen molar-refractivity contribution in [2.45, 2.75) is 19.4 Å². The van der Waals surface area contributed by atoms with Crippen LogP contribution in [0.4, 0.5) is 11.4 Å². The monoisotopic (exact) mass is 431 g/mol. The number of nitrogens with two attached hydrogens (primary N) is 2. The highest BCUT2D eigenvalue weighted by Gasteiger charge is 2.09. The first-order valence-corrected chi connectivity index (χ1v) is 10.2. The molecule has 7 heteroatoms. The minimum Gasteiger partial charge on any atom is -0.403 e. The summed E-state index contributed by atoms with van der Waals surface area (Å²) < 4.78 is 0. The Morgan fingerprint density at radius 3 is 2.19 bits per heavy atom. The molecule has 0 aliphatic rings. The average molecular weight is 432 g/mol. The molecule has 0 aliphatic heterocycles. The molecule has 3 rings (SSSR count). The van der Waals surface area contributed by atoms with Gasteiger partial charge in [-0.05, 0) is 43.2 Å². The number of nitrogens with zero attached hydrogens (tertiary/aromatic N) is 1. The number of anilines is 2. The van der Waals surface area contributed by atoms with Gasteiger partial charge >= 0.3 is 0 Å². The van der Waals surface area contributed by atoms with E-state index in [4.69, 9.17) is 11.6 Å². The molecular weight excluding hydrogens is 402 g/mol. The minimum atomic E-state index is -0.0148. The van der Waals surface area contributed by atoms with Gasteiger partial charge in [-0.15, -0.1) is 0 Å². The van der Waals surface area contributed by atoms with E-state index in [9.17, 15) is 9.59 Å². The third-order valence-corrected chi connectivity index (χ3v) is 4.44. The number of carbonyl (C=O) groups excluding carboxylic acids is 2. The molecule has 166 valence electrons. The lowest BCUT2D eigenvalue weighted by molar-refractivity contribution is -0.105. The van der Waals surface area contributed by atoms with Crippen LogP contribution in [-0.2, 0) is 11.2 Å². The third-order valence-electron chi connectivity index (χ3n) is 4.44. The smallest absolute Gasteiger partial charge is 0.251 e. The molecule has 3 aromatic carbocycles. The summed E-state index contributed by atoms with van der Waals surface area (Å²) in [5.74, 6) is 5.63. The van der Waals surface area contributed by atoms with Crippen molar-refractivity contribution < 1.29 is 9.59 Å². The summed E-state index contributed by atoms with van der Waals surface area (Å²) in [6.07, 6.45) is 4.25. The Labute approximate surface area is 188 Å². The second-order valence-corrected chi connectivity index (χ2v) is 6.96. The van der Waals surface area contributed by atoms with Gasteiger partial charge in [-0.3, -0.25) is 14.6 Å². The normalized spacial score (nSPS) is 11.1. The lowest BCUT2D eigenvalue weighted by atomic mass is 10.1. The molecule has 6 N–H and O–H groups in total. The van der Waals surface area contributed by atoms with E-state index < -0.39 is 0 Å². The van der Waals surface area contributed by atoms with Gasteiger partial charge in [0.15, 0.2) is 0 Å². The summed E-state index contributed by atoms with van der Waals surface area (Å²) in [6.45, 7) is 2.02. The Morgan fingerprint density at radius 1 is 0.969 bits per heavy atom. The van der Waals surface area contributed by atoms with Crippen molar-refractivity contribution in [1.82, 2.24) is 5.32 Å². The molecule has 0 spiro atoms. The van der Waals surface area contributed by atoms with E-state index in [0.717, 1.165) is 6.42 Å². The van der Waals surface area contributed by atoms with Gasteiger partial charge in [-0.25, -0.2) is 5.84 Å². The van der Waals surface area contributed by atoms with Crippen LogP contribution in [0, 0.1) is 0 Å². The van der Waals surface area contributed by atoms with E-state index in [1.54, 1.807) is 18.2 Å².